The Bertz CT molecular complexity index is 541. The van der Waals surface area contributed by atoms with Crippen molar-refractivity contribution in [2.75, 3.05) is 53.0 Å². The SMILES string of the molecule is CN=C(NCCN(C(=O)OC(C)(C)C)C1CC1)NCC(C)(C)N1CCOCC1.I. The highest BCUT2D eigenvalue weighted by Crippen LogP contribution is 2.28. The van der Waals surface area contributed by atoms with Gasteiger partial charge in [0.05, 0.1) is 13.2 Å². The van der Waals surface area contributed by atoms with E-state index in [2.05, 4.69) is 34.4 Å². The molecule has 1 heterocycles. The molecule has 1 aliphatic carbocycles. The average Bonchev–Trinajstić information content (AvgIpc) is 3.45. The van der Waals surface area contributed by atoms with Crippen LogP contribution in [0.3, 0.4) is 0 Å². The summed E-state index contributed by atoms with van der Waals surface area (Å²) in [5.74, 6) is 0.751. The minimum atomic E-state index is -0.472. The Morgan fingerprint density at radius 3 is 2.31 bits per heavy atom. The van der Waals surface area contributed by atoms with E-state index >= 15 is 0 Å². The maximum Gasteiger partial charge on any atom is 0.410 e. The molecule has 1 saturated carbocycles. The molecule has 1 saturated heterocycles. The van der Waals surface area contributed by atoms with Crippen molar-refractivity contribution in [3.8, 4) is 0 Å². The summed E-state index contributed by atoms with van der Waals surface area (Å²) >= 11 is 0. The molecule has 0 unspecified atom stereocenters. The summed E-state index contributed by atoms with van der Waals surface area (Å²) in [6, 6.07) is 0.312. The molecular formula is C20H40IN5O3. The number of guanidine groups is 1. The van der Waals surface area contributed by atoms with Gasteiger partial charge in [-0.05, 0) is 47.5 Å². The number of hydrogen-bond acceptors (Lipinski definition) is 5. The van der Waals surface area contributed by atoms with E-state index in [1.807, 2.05) is 25.7 Å². The van der Waals surface area contributed by atoms with E-state index < -0.39 is 5.60 Å². The maximum absolute atomic E-state index is 12.4. The number of ether oxygens (including phenoxy) is 2. The second-order valence-electron chi connectivity index (χ2n) is 9.17. The number of amides is 1. The van der Waals surface area contributed by atoms with Gasteiger partial charge in [-0.2, -0.15) is 0 Å². The van der Waals surface area contributed by atoms with Gasteiger partial charge in [-0.15, -0.1) is 24.0 Å². The number of rotatable bonds is 7. The lowest BCUT2D eigenvalue weighted by Gasteiger charge is -2.41. The number of aliphatic imine (C=N–C) groups is 1. The number of hydrogen-bond donors (Lipinski definition) is 2. The Hall–Kier alpha value is -0.810. The Morgan fingerprint density at radius 1 is 1.17 bits per heavy atom. The van der Waals surface area contributed by atoms with Crippen LogP contribution in [-0.2, 0) is 9.47 Å². The average molecular weight is 525 g/mol. The van der Waals surface area contributed by atoms with Crippen molar-refractivity contribution in [2.45, 2.75) is 64.6 Å². The minimum Gasteiger partial charge on any atom is -0.444 e. The van der Waals surface area contributed by atoms with Crippen molar-refractivity contribution in [2.24, 2.45) is 4.99 Å². The number of morpholine rings is 1. The maximum atomic E-state index is 12.4. The van der Waals surface area contributed by atoms with Crippen molar-refractivity contribution in [1.82, 2.24) is 20.4 Å². The summed E-state index contributed by atoms with van der Waals surface area (Å²) < 4.78 is 11.0. The van der Waals surface area contributed by atoms with Crippen LogP contribution in [-0.4, -0.2) is 92.0 Å². The summed E-state index contributed by atoms with van der Waals surface area (Å²) in [6.07, 6.45) is 1.88. The molecule has 2 aliphatic rings. The third-order valence-corrected chi connectivity index (χ3v) is 5.04. The van der Waals surface area contributed by atoms with Gasteiger partial charge in [-0.3, -0.25) is 9.89 Å². The van der Waals surface area contributed by atoms with Crippen LogP contribution in [0.5, 0.6) is 0 Å². The van der Waals surface area contributed by atoms with Gasteiger partial charge in [-0.25, -0.2) is 4.79 Å². The van der Waals surface area contributed by atoms with Crippen LogP contribution in [0.2, 0.25) is 0 Å². The van der Waals surface area contributed by atoms with Gasteiger partial charge in [0.15, 0.2) is 5.96 Å². The van der Waals surface area contributed by atoms with Crippen molar-refractivity contribution in [3.05, 3.63) is 0 Å². The van der Waals surface area contributed by atoms with E-state index in [4.69, 9.17) is 9.47 Å². The van der Waals surface area contributed by atoms with Gasteiger partial charge >= 0.3 is 6.09 Å². The highest BCUT2D eigenvalue weighted by molar-refractivity contribution is 14.0. The molecule has 0 aromatic carbocycles. The van der Waals surface area contributed by atoms with E-state index in [9.17, 15) is 4.79 Å². The monoisotopic (exact) mass is 525 g/mol. The summed E-state index contributed by atoms with van der Waals surface area (Å²) in [5.41, 5.74) is -0.460. The fraction of sp³-hybridized carbons (Fsp3) is 0.900. The van der Waals surface area contributed by atoms with Gasteiger partial charge in [0, 0.05) is 51.4 Å². The quantitative estimate of drug-likeness (QED) is 0.302. The van der Waals surface area contributed by atoms with Crippen LogP contribution >= 0.6 is 24.0 Å². The number of carbonyl (C=O) groups is 1. The van der Waals surface area contributed by atoms with E-state index in [1.54, 1.807) is 7.05 Å². The van der Waals surface area contributed by atoms with Gasteiger partial charge in [0.25, 0.3) is 0 Å². The first kappa shape index (κ1) is 26.2. The topological polar surface area (TPSA) is 78.4 Å². The fourth-order valence-electron chi connectivity index (χ4n) is 3.23. The van der Waals surface area contributed by atoms with Crippen LogP contribution < -0.4 is 10.6 Å². The Balaban J connectivity index is 0.00000420. The van der Waals surface area contributed by atoms with E-state index in [0.717, 1.165) is 51.6 Å². The number of nitrogens with zero attached hydrogens (tertiary/aromatic N) is 3. The van der Waals surface area contributed by atoms with Crippen LogP contribution in [0.15, 0.2) is 4.99 Å². The largest absolute Gasteiger partial charge is 0.444 e. The Kier molecular flexibility index (Phi) is 10.4. The molecular weight excluding hydrogens is 485 g/mol. The molecule has 0 spiro atoms. The fourth-order valence-corrected chi connectivity index (χ4v) is 3.23. The van der Waals surface area contributed by atoms with Gasteiger partial charge in [0.1, 0.15) is 5.60 Å². The summed E-state index contributed by atoms with van der Waals surface area (Å²) in [4.78, 5) is 21.0. The standard InChI is InChI=1S/C20H39N5O3.HI/c1-19(2,3)28-18(26)25(16-7-8-16)10-9-22-17(21-6)23-15-20(4,5)24-11-13-27-14-12-24;/h16H,7-15H2,1-6H3,(H2,21,22,23);1H. The highest BCUT2D eigenvalue weighted by Gasteiger charge is 2.35. The molecule has 1 amide bonds. The zero-order valence-corrected chi connectivity index (χ0v) is 21.2. The second-order valence-corrected chi connectivity index (χ2v) is 9.17. The Labute approximate surface area is 193 Å². The molecule has 0 atom stereocenters. The number of carbonyl (C=O) groups excluding carboxylic acids is 1. The summed E-state index contributed by atoms with van der Waals surface area (Å²) in [5, 5.41) is 6.74. The molecule has 0 bridgehead atoms. The lowest BCUT2D eigenvalue weighted by atomic mass is 10.0. The van der Waals surface area contributed by atoms with Gasteiger partial charge < -0.3 is 25.0 Å². The van der Waals surface area contributed by atoms with Gasteiger partial charge in [0.2, 0.25) is 0 Å². The molecule has 170 valence electrons. The summed E-state index contributed by atoms with van der Waals surface area (Å²) in [7, 11) is 1.77. The first-order chi connectivity index (χ1) is 13.1. The van der Waals surface area contributed by atoms with Crippen molar-refractivity contribution < 1.29 is 14.3 Å². The number of nitrogens with one attached hydrogen (secondary N) is 2. The van der Waals surface area contributed by atoms with E-state index in [-0.39, 0.29) is 35.6 Å². The lowest BCUT2D eigenvalue weighted by Crippen LogP contribution is -2.56. The zero-order valence-electron chi connectivity index (χ0n) is 18.9. The van der Waals surface area contributed by atoms with Crippen molar-refractivity contribution in [1.29, 1.82) is 0 Å². The molecule has 0 aromatic heterocycles. The molecule has 0 aromatic rings. The normalized spacial score (nSPS) is 18.6. The summed E-state index contributed by atoms with van der Waals surface area (Å²) in [6.45, 7) is 15.7. The van der Waals surface area contributed by atoms with Crippen molar-refractivity contribution >= 4 is 36.0 Å². The predicted molar refractivity (Wildman–Crippen MR) is 127 cm³/mol. The zero-order chi connectivity index (χ0) is 20.8. The molecule has 29 heavy (non-hydrogen) atoms. The van der Waals surface area contributed by atoms with Crippen LogP contribution in [0.1, 0.15) is 47.5 Å². The lowest BCUT2D eigenvalue weighted by molar-refractivity contribution is -0.00834. The smallest absolute Gasteiger partial charge is 0.410 e. The Morgan fingerprint density at radius 2 is 1.79 bits per heavy atom. The first-order valence-corrected chi connectivity index (χ1v) is 10.4. The first-order valence-electron chi connectivity index (χ1n) is 10.4. The molecule has 8 nitrogen and oxygen atoms in total. The van der Waals surface area contributed by atoms with Crippen LogP contribution in [0.25, 0.3) is 0 Å². The molecule has 9 heteroatoms. The molecule has 2 fully saturated rings. The molecule has 0 radical (unpaired) electrons. The van der Waals surface area contributed by atoms with Crippen LogP contribution in [0, 0.1) is 0 Å². The molecule has 2 N–H and O–H groups in total. The van der Waals surface area contributed by atoms with Gasteiger partial charge in [-0.1, -0.05) is 0 Å². The molecule has 1 aliphatic heterocycles. The minimum absolute atomic E-state index is 0. The third-order valence-electron chi connectivity index (χ3n) is 5.04. The third kappa shape index (κ3) is 9.25. The highest BCUT2D eigenvalue weighted by atomic mass is 127. The predicted octanol–water partition coefficient (Wildman–Crippen LogP) is 2.28. The van der Waals surface area contributed by atoms with Crippen molar-refractivity contribution in [3.63, 3.8) is 0 Å². The second kappa shape index (κ2) is 11.5. The van der Waals surface area contributed by atoms with E-state index in [0.29, 0.717) is 19.1 Å². The number of halogens is 1. The molecule has 2 rings (SSSR count). The van der Waals surface area contributed by atoms with Crippen LogP contribution in [0.4, 0.5) is 4.79 Å². The van der Waals surface area contributed by atoms with E-state index in [1.165, 1.54) is 0 Å².